The Morgan fingerprint density at radius 1 is 1.50 bits per heavy atom. The number of carbonyl (C=O) groups is 1. The van der Waals surface area contributed by atoms with Crippen LogP contribution in [-0.2, 0) is 15.5 Å². The maximum absolute atomic E-state index is 13.6. The molecule has 16 heavy (non-hydrogen) atoms. The molecule has 5 heteroatoms. The quantitative estimate of drug-likeness (QED) is 0.638. The van der Waals surface area contributed by atoms with E-state index < -0.39 is 17.5 Å². The molecular formula is C11H13F2NO2. The number of anilines is 1. The third-order valence-corrected chi connectivity index (χ3v) is 2.08. The van der Waals surface area contributed by atoms with Crippen molar-refractivity contribution in [1.29, 1.82) is 0 Å². The highest BCUT2D eigenvalue weighted by Crippen LogP contribution is 2.33. The Kier molecular flexibility index (Phi) is 3.47. The number of hydrogen-bond acceptors (Lipinski definition) is 3. The molecule has 0 radical (unpaired) electrons. The minimum Gasteiger partial charge on any atom is -0.461 e. The molecule has 0 saturated heterocycles. The molecule has 0 spiro atoms. The van der Waals surface area contributed by atoms with Crippen molar-refractivity contribution in [3.63, 3.8) is 0 Å². The van der Waals surface area contributed by atoms with E-state index in [1.807, 2.05) is 0 Å². The predicted molar refractivity (Wildman–Crippen MR) is 56.1 cm³/mol. The van der Waals surface area contributed by atoms with E-state index >= 15 is 0 Å². The summed E-state index contributed by atoms with van der Waals surface area (Å²) in [5.41, 5.74) is 5.57. The SMILES string of the molecule is CCOC(=O)C(F)(F)c1ccc(C)cc1N. The lowest BCUT2D eigenvalue weighted by Gasteiger charge is -2.16. The zero-order chi connectivity index (χ0) is 12.3. The van der Waals surface area contributed by atoms with Crippen LogP contribution in [0, 0.1) is 6.92 Å². The van der Waals surface area contributed by atoms with Gasteiger partial charge in [-0.2, -0.15) is 8.78 Å². The minimum absolute atomic E-state index is 0.0970. The van der Waals surface area contributed by atoms with Crippen molar-refractivity contribution in [1.82, 2.24) is 0 Å². The summed E-state index contributed by atoms with van der Waals surface area (Å²) in [5, 5.41) is 0. The monoisotopic (exact) mass is 229 g/mol. The van der Waals surface area contributed by atoms with Crippen LogP contribution in [0.5, 0.6) is 0 Å². The largest absolute Gasteiger partial charge is 0.461 e. The lowest BCUT2D eigenvalue weighted by molar-refractivity contribution is -0.173. The molecule has 0 unspecified atom stereocenters. The molecule has 0 atom stereocenters. The number of halogens is 2. The number of esters is 1. The number of hydrogen-bond donors (Lipinski definition) is 1. The summed E-state index contributed by atoms with van der Waals surface area (Å²) in [7, 11) is 0. The summed E-state index contributed by atoms with van der Waals surface area (Å²) in [5.74, 6) is -5.28. The van der Waals surface area contributed by atoms with E-state index in [1.54, 1.807) is 6.92 Å². The van der Waals surface area contributed by atoms with Crippen LogP contribution >= 0.6 is 0 Å². The first kappa shape index (κ1) is 12.4. The van der Waals surface area contributed by atoms with Crippen LogP contribution in [0.1, 0.15) is 18.1 Å². The van der Waals surface area contributed by atoms with Gasteiger partial charge in [0.25, 0.3) is 0 Å². The molecule has 0 heterocycles. The fourth-order valence-electron chi connectivity index (χ4n) is 1.30. The smallest absolute Gasteiger partial charge is 0.382 e. The Bertz CT molecular complexity index is 405. The van der Waals surface area contributed by atoms with Gasteiger partial charge in [-0.15, -0.1) is 0 Å². The van der Waals surface area contributed by atoms with Crippen molar-refractivity contribution in [2.24, 2.45) is 0 Å². The number of carbonyl (C=O) groups excluding carboxylic acids is 1. The summed E-state index contributed by atoms with van der Waals surface area (Å²) >= 11 is 0. The normalized spacial score (nSPS) is 11.2. The Labute approximate surface area is 92.2 Å². The minimum atomic E-state index is -3.70. The lowest BCUT2D eigenvalue weighted by atomic mass is 10.0. The van der Waals surface area contributed by atoms with E-state index in [2.05, 4.69) is 4.74 Å². The number of benzene rings is 1. The van der Waals surface area contributed by atoms with Gasteiger partial charge in [-0.25, -0.2) is 4.79 Å². The van der Waals surface area contributed by atoms with E-state index in [1.165, 1.54) is 19.1 Å². The van der Waals surface area contributed by atoms with Crippen molar-refractivity contribution >= 4 is 11.7 Å². The molecule has 0 aliphatic rings. The molecule has 0 bridgehead atoms. The Hall–Kier alpha value is -1.65. The molecule has 0 aromatic heterocycles. The summed E-state index contributed by atoms with van der Waals surface area (Å²) in [6.07, 6.45) is 0. The van der Waals surface area contributed by atoms with Crippen LogP contribution < -0.4 is 5.73 Å². The Balaban J connectivity index is 3.11. The van der Waals surface area contributed by atoms with Crippen LogP contribution in [0.3, 0.4) is 0 Å². The van der Waals surface area contributed by atoms with Crippen molar-refractivity contribution in [3.05, 3.63) is 29.3 Å². The molecule has 0 fully saturated rings. The first-order valence-corrected chi connectivity index (χ1v) is 4.81. The van der Waals surface area contributed by atoms with Gasteiger partial charge < -0.3 is 10.5 Å². The zero-order valence-electron chi connectivity index (χ0n) is 9.09. The van der Waals surface area contributed by atoms with E-state index in [4.69, 9.17) is 5.73 Å². The van der Waals surface area contributed by atoms with Gasteiger partial charge in [0.05, 0.1) is 12.2 Å². The molecule has 0 saturated carbocycles. The topological polar surface area (TPSA) is 52.3 Å². The maximum Gasteiger partial charge on any atom is 0.382 e. The van der Waals surface area contributed by atoms with Gasteiger partial charge in [-0.3, -0.25) is 0 Å². The van der Waals surface area contributed by atoms with E-state index in [-0.39, 0.29) is 12.3 Å². The average molecular weight is 229 g/mol. The molecule has 88 valence electrons. The van der Waals surface area contributed by atoms with Gasteiger partial charge >= 0.3 is 11.9 Å². The van der Waals surface area contributed by atoms with Crippen molar-refractivity contribution in [3.8, 4) is 0 Å². The highest BCUT2D eigenvalue weighted by molar-refractivity contribution is 5.81. The van der Waals surface area contributed by atoms with Gasteiger partial charge in [0.15, 0.2) is 0 Å². The highest BCUT2D eigenvalue weighted by Gasteiger charge is 2.44. The van der Waals surface area contributed by atoms with Crippen LogP contribution in [0.15, 0.2) is 18.2 Å². The number of nitrogens with two attached hydrogens (primary N) is 1. The van der Waals surface area contributed by atoms with Crippen molar-refractivity contribution in [2.75, 3.05) is 12.3 Å². The molecule has 0 aliphatic heterocycles. The number of aryl methyl sites for hydroxylation is 1. The van der Waals surface area contributed by atoms with Gasteiger partial charge in [0.1, 0.15) is 0 Å². The van der Waals surface area contributed by atoms with Crippen LogP contribution in [0.2, 0.25) is 0 Å². The van der Waals surface area contributed by atoms with Gasteiger partial charge in [-0.1, -0.05) is 12.1 Å². The number of nitrogen functional groups attached to an aromatic ring is 1. The van der Waals surface area contributed by atoms with E-state index in [0.717, 1.165) is 11.6 Å². The molecule has 2 N–H and O–H groups in total. The third kappa shape index (κ3) is 2.29. The Morgan fingerprint density at radius 2 is 2.12 bits per heavy atom. The second-order valence-electron chi connectivity index (χ2n) is 3.39. The van der Waals surface area contributed by atoms with Gasteiger partial charge in [0.2, 0.25) is 0 Å². The maximum atomic E-state index is 13.6. The Morgan fingerprint density at radius 3 is 2.62 bits per heavy atom. The molecule has 1 aromatic carbocycles. The summed E-state index contributed by atoms with van der Waals surface area (Å²) < 4.78 is 31.5. The molecule has 1 rings (SSSR count). The molecule has 1 aromatic rings. The fourth-order valence-corrected chi connectivity index (χ4v) is 1.30. The van der Waals surface area contributed by atoms with E-state index in [0.29, 0.717) is 0 Å². The highest BCUT2D eigenvalue weighted by atomic mass is 19.3. The number of rotatable bonds is 3. The standard InChI is InChI=1S/C11H13F2NO2/c1-3-16-10(15)11(12,13)8-5-4-7(2)6-9(8)14/h4-6H,3,14H2,1-2H3. The van der Waals surface area contributed by atoms with Crippen LogP contribution in [0.4, 0.5) is 14.5 Å². The zero-order valence-corrected chi connectivity index (χ0v) is 9.09. The molecule has 0 amide bonds. The van der Waals surface area contributed by atoms with Gasteiger partial charge in [-0.05, 0) is 25.5 Å². The summed E-state index contributed by atoms with van der Waals surface area (Å²) in [6, 6.07) is 4.00. The fraction of sp³-hybridized carbons (Fsp3) is 0.364. The number of alkyl halides is 2. The first-order valence-electron chi connectivity index (χ1n) is 4.81. The predicted octanol–water partition coefficient (Wildman–Crippen LogP) is 2.23. The molecule has 0 aliphatic carbocycles. The van der Waals surface area contributed by atoms with Crippen molar-refractivity contribution in [2.45, 2.75) is 19.8 Å². The van der Waals surface area contributed by atoms with Crippen LogP contribution in [-0.4, -0.2) is 12.6 Å². The average Bonchev–Trinajstić information content (AvgIpc) is 2.17. The molecular weight excluding hydrogens is 216 g/mol. The van der Waals surface area contributed by atoms with Crippen molar-refractivity contribution < 1.29 is 18.3 Å². The second-order valence-corrected chi connectivity index (χ2v) is 3.39. The number of ether oxygens (including phenoxy) is 1. The molecule has 3 nitrogen and oxygen atoms in total. The summed E-state index contributed by atoms with van der Waals surface area (Å²) in [4.78, 5) is 11.1. The third-order valence-electron chi connectivity index (χ3n) is 2.08. The first-order chi connectivity index (χ1) is 7.39. The van der Waals surface area contributed by atoms with Crippen LogP contribution in [0.25, 0.3) is 0 Å². The second kappa shape index (κ2) is 4.47. The summed E-state index contributed by atoms with van der Waals surface area (Å²) in [6.45, 7) is 3.09. The lowest BCUT2D eigenvalue weighted by Crippen LogP contribution is -2.29. The van der Waals surface area contributed by atoms with Gasteiger partial charge in [0, 0.05) is 5.69 Å². The van der Waals surface area contributed by atoms with E-state index in [9.17, 15) is 13.6 Å².